The Kier molecular flexibility index (Phi) is 10.8. The molecule has 0 radical (unpaired) electrons. The van der Waals surface area contributed by atoms with E-state index in [1.54, 1.807) is 49.8 Å². The summed E-state index contributed by atoms with van der Waals surface area (Å²) in [6.07, 6.45) is -2.48. The molecule has 4 N–H and O–H groups in total. The Labute approximate surface area is 289 Å². The van der Waals surface area contributed by atoms with Crippen molar-refractivity contribution in [2.75, 3.05) is 31.2 Å². The second-order valence-corrected chi connectivity index (χ2v) is 12.4. The molecular weight excluding hydrogens is 682 g/mol. The molecule has 3 amide bonds. The van der Waals surface area contributed by atoms with Gasteiger partial charge in [-0.25, -0.2) is 19.2 Å². The second kappa shape index (κ2) is 14.5. The molecule has 262 valence electrons. The van der Waals surface area contributed by atoms with Crippen LogP contribution in [0.1, 0.15) is 36.8 Å². The van der Waals surface area contributed by atoms with E-state index >= 15 is 0 Å². The minimum atomic E-state index is -4.64. The van der Waals surface area contributed by atoms with Gasteiger partial charge >= 0.3 is 12.3 Å². The number of nitrogens with two attached hydrogens (primary N) is 1. The zero-order chi connectivity index (χ0) is 37.1. The number of halogens is 5. The van der Waals surface area contributed by atoms with Crippen molar-refractivity contribution in [1.29, 1.82) is 0 Å². The molecule has 0 spiro atoms. The minimum Gasteiger partial charge on any atom is -0.444 e. The maximum Gasteiger partial charge on any atom is 0.410 e. The molecule has 1 aromatic carbocycles. The van der Waals surface area contributed by atoms with Gasteiger partial charge in [-0.3, -0.25) is 9.59 Å². The Morgan fingerprint density at radius 1 is 1.10 bits per heavy atom. The molecule has 0 saturated carbocycles. The van der Waals surface area contributed by atoms with Gasteiger partial charge in [0.05, 0.1) is 33.7 Å². The maximum atomic E-state index is 13.3. The average Bonchev–Trinajstić information content (AvgIpc) is 3.33. The van der Waals surface area contributed by atoms with E-state index in [1.807, 2.05) is 0 Å². The summed E-state index contributed by atoms with van der Waals surface area (Å²) in [4.78, 5) is 46.5. The lowest BCUT2D eigenvalue weighted by Gasteiger charge is -2.23. The molecule has 0 aliphatic carbocycles. The number of anilines is 2. The number of alkyl halides is 3. The first kappa shape index (κ1) is 37.2. The fourth-order valence-corrected chi connectivity index (χ4v) is 5.05. The summed E-state index contributed by atoms with van der Waals surface area (Å²) < 4.78 is 58.6. The SMILES string of the molecule is C=C(F)C(=O)Nc1ccc(-c2c(-c3cnc(C(=O)NCC(F)(F)F)c(Cl)c3)c3c(N)ncc(C#CCN(C)C(=O)OC(C)(C)C)c3n2C)cc1. The summed E-state index contributed by atoms with van der Waals surface area (Å²) >= 11 is 6.41. The summed E-state index contributed by atoms with van der Waals surface area (Å²) in [6, 6.07) is 7.72. The van der Waals surface area contributed by atoms with Crippen LogP contribution in [0.2, 0.25) is 5.02 Å². The minimum absolute atomic E-state index is 0.0147. The maximum absolute atomic E-state index is 13.3. The Morgan fingerprint density at radius 2 is 1.76 bits per heavy atom. The van der Waals surface area contributed by atoms with E-state index < -0.39 is 47.8 Å². The summed E-state index contributed by atoms with van der Waals surface area (Å²) in [5.74, 6) is 2.76. The first-order chi connectivity index (χ1) is 23.3. The van der Waals surface area contributed by atoms with Crippen molar-refractivity contribution in [1.82, 2.24) is 24.8 Å². The Hall–Kier alpha value is -5.62. The van der Waals surface area contributed by atoms with Crippen molar-refractivity contribution in [3.63, 3.8) is 0 Å². The number of hydrogen-bond donors (Lipinski definition) is 3. The number of aryl methyl sites for hydroxylation is 1. The van der Waals surface area contributed by atoms with Crippen LogP contribution in [-0.2, 0) is 16.6 Å². The topological polar surface area (TPSA) is 144 Å². The molecule has 50 heavy (non-hydrogen) atoms. The Bertz CT molecular complexity index is 2060. The number of nitrogens with one attached hydrogen (secondary N) is 2. The average molecular weight is 714 g/mol. The molecule has 3 aromatic heterocycles. The largest absolute Gasteiger partial charge is 0.444 e. The Morgan fingerprint density at radius 3 is 2.34 bits per heavy atom. The van der Waals surface area contributed by atoms with Crippen molar-refractivity contribution < 1.29 is 36.7 Å². The van der Waals surface area contributed by atoms with E-state index in [1.165, 1.54) is 42.5 Å². The molecule has 3 heterocycles. The van der Waals surface area contributed by atoms with Crippen LogP contribution in [0.15, 0.2) is 55.1 Å². The van der Waals surface area contributed by atoms with Crippen molar-refractivity contribution >= 4 is 51.9 Å². The van der Waals surface area contributed by atoms with Crippen molar-refractivity contribution in [2.45, 2.75) is 32.5 Å². The number of rotatable bonds is 7. The molecule has 16 heteroatoms. The number of ether oxygens (including phenoxy) is 1. The van der Waals surface area contributed by atoms with Crippen molar-refractivity contribution in [3.8, 4) is 34.2 Å². The van der Waals surface area contributed by atoms with Gasteiger partial charge in [-0.05, 0) is 44.5 Å². The summed E-state index contributed by atoms with van der Waals surface area (Å²) in [5, 5.41) is 4.30. The van der Waals surface area contributed by atoms with Gasteiger partial charge < -0.3 is 30.6 Å². The van der Waals surface area contributed by atoms with Gasteiger partial charge in [0.25, 0.3) is 11.8 Å². The summed E-state index contributed by atoms with van der Waals surface area (Å²) in [7, 11) is 3.27. The van der Waals surface area contributed by atoms with E-state index in [2.05, 4.69) is 33.7 Å². The van der Waals surface area contributed by atoms with E-state index in [0.717, 1.165) is 0 Å². The van der Waals surface area contributed by atoms with Crippen LogP contribution >= 0.6 is 11.6 Å². The zero-order valence-corrected chi connectivity index (χ0v) is 28.3. The first-order valence-corrected chi connectivity index (χ1v) is 15.1. The number of amides is 3. The lowest BCUT2D eigenvalue weighted by Crippen LogP contribution is -2.34. The highest BCUT2D eigenvalue weighted by molar-refractivity contribution is 6.34. The molecule has 0 bridgehead atoms. The molecule has 0 saturated heterocycles. The standard InChI is InChI=1S/C34H32ClF4N7O4/c1-18(36)30(47)44-22-11-9-19(10-12-22)27-24(21-14-23(35)26(41-16-21)31(48)43-17-34(37,38)39)25-28(46(27)6)20(15-42-29(25)40)8-7-13-45(5)32(49)50-33(2,3)4/h9-12,14-16H,1,13,17H2,2-6H3,(H2,40,42)(H,43,48)(H,44,47). The predicted octanol–water partition coefficient (Wildman–Crippen LogP) is 6.47. The number of aromatic nitrogens is 3. The summed E-state index contributed by atoms with van der Waals surface area (Å²) in [6.45, 7) is 6.66. The molecule has 0 atom stereocenters. The van der Waals surface area contributed by atoms with Crippen LogP contribution in [0.25, 0.3) is 33.3 Å². The third-order valence-electron chi connectivity index (χ3n) is 6.94. The number of carbonyl (C=O) groups excluding carboxylic acids is 3. The van der Waals surface area contributed by atoms with Crippen LogP contribution in [0.5, 0.6) is 0 Å². The fourth-order valence-electron chi connectivity index (χ4n) is 4.79. The number of benzene rings is 1. The predicted molar refractivity (Wildman–Crippen MR) is 182 cm³/mol. The number of fused-ring (bicyclic) bond motifs is 1. The number of pyridine rings is 2. The molecule has 0 unspecified atom stereocenters. The van der Waals surface area contributed by atoms with E-state index in [-0.39, 0.29) is 23.1 Å². The van der Waals surface area contributed by atoms with Gasteiger partial charge in [0, 0.05) is 43.3 Å². The molecule has 0 aliphatic heterocycles. The van der Waals surface area contributed by atoms with E-state index in [4.69, 9.17) is 22.1 Å². The van der Waals surface area contributed by atoms with Gasteiger partial charge in [-0.15, -0.1) is 0 Å². The summed E-state index contributed by atoms with van der Waals surface area (Å²) in [5.41, 5.74) is 8.40. The monoisotopic (exact) mass is 713 g/mol. The normalized spacial score (nSPS) is 11.4. The zero-order valence-electron chi connectivity index (χ0n) is 27.6. The molecular formula is C34H32ClF4N7O4. The number of hydrogen-bond acceptors (Lipinski definition) is 7. The highest BCUT2D eigenvalue weighted by atomic mass is 35.5. The molecule has 11 nitrogen and oxygen atoms in total. The first-order valence-electron chi connectivity index (χ1n) is 14.7. The molecule has 4 aromatic rings. The van der Waals surface area contributed by atoms with Gasteiger partial charge in [0.2, 0.25) is 0 Å². The highest BCUT2D eigenvalue weighted by Gasteiger charge is 2.29. The van der Waals surface area contributed by atoms with Gasteiger partial charge in [0.1, 0.15) is 23.7 Å². The second-order valence-electron chi connectivity index (χ2n) is 12.0. The quantitative estimate of drug-likeness (QED) is 0.113. The number of nitrogens with zero attached hydrogens (tertiary/aromatic N) is 4. The number of nitrogen functional groups attached to an aromatic ring is 1. The molecule has 4 rings (SSSR count). The van der Waals surface area contributed by atoms with Gasteiger partial charge in [-0.1, -0.05) is 42.2 Å². The van der Waals surface area contributed by atoms with Gasteiger partial charge in [-0.2, -0.15) is 13.2 Å². The smallest absolute Gasteiger partial charge is 0.410 e. The molecule has 0 aliphatic rings. The fraction of sp³-hybridized carbons (Fsp3) is 0.265. The third kappa shape index (κ3) is 8.69. The van der Waals surface area contributed by atoms with E-state index in [0.29, 0.717) is 38.9 Å². The number of carbonyl (C=O) groups is 3. The lowest BCUT2D eigenvalue weighted by molar-refractivity contribution is -0.123. The van der Waals surface area contributed by atoms with Crippen LogP contribution in [0, 0.1) is 11.8 Å². The van der Waals surface area contributed by atoms with Crippen molar-refractivity contribution in [3.05, 3.63) is 71.4 Å². The van der Waals surface area contributed by atoms with Gasteiger partial charge in [0.15, 0.2) is 5.83 Å². The van der Waals surface area contributed by atoms with Crippen LogP contribution < -0.4 is 16.4 Å². The lowest BCUT2D eigenvalue weighted by atomic mass is 9.98. The van der Waals surface area contributed by atoms with Crippen LogP contribution in [-0.4, -0.2) is 69.3 Å². The van der Waals surface area contributed by atoms with Crippen LogP contribution in [0.3, 0.4) is 0 Å². The Balaban J connectivity index is 1.88. The van der Waals surface area contributed by atoms with E-state index in [9.17, 15) is 31.9 Å². The molecule has 0 fully saturated rings. The van der Waals surface area contributed by atoms with Crippen LogP contribution in [0.4, 0.5) is 33.9 Å². The highest BCUT2D eigenvalue weighted by Crippen LogP contribution is 2.44. The van der Waals surface area contributed by atoms with Crippen molar-refractivity contribution in [2.24, 2.45) is 7.05 Å². The third-order valence-corrected chi connectivity index (χ3v) is 7.23.